The van der Waals surface area contributed by atoms with Crippen molar-refractivity contribution in [1.82, 2.24) is 5.32 Å². The van der Waals surface area contributed by atoms with Crippen molar-refractivity contribution in [3.8, 4) is 6.07 Å². The summed E-state index contributed by atoms with van der Waals surface area (Å²) in [5, 5.41) is 20.7. The van der Waals surface area contributed by atoms with Crippen molar-refractivity contribution in [2.75, 3.05) is 0 Å². The number of carboxylic acid groups (broad SMARTS) is 1. The van der Waals surface area contributed by atoms with Crippen LogP contribution in [0.5, 0.6) is 0 Å². The van der Waals surface area contributed by atoms with E-state index in [0.717, 1.165) is 0 Å². The second-order valence-electron chi connectivity index (χ2n) is 4.32. The first kappa shape index (κ1) is 14.1. The van der Waals surface area contributed by atoms with E-state index in [-0.39, 0.29) is 18.0 Å². The first-order chi connectivity index (χ1) is 8.43. The lowest BCUT2D eigenvalue weighted by Crippen LogP contribution is -2.30. The Bertz CT molecular complexity index is 480. The fourth-order valence-corrected chi connectivity index (χ4v) is 1.70. The van der Waals surface area contributed by atoms with E-state index < -0.39 is 17.8 Å². The molecular weight excluding hydrogens is 235 g/mol. The van der Waals surface area contributed by atoms with Gasteiger partial charge in [-0.3, -0.25) is 4.79 Å². The highest BCUT2D eigenvalue weighted by atomic mass is 19.1. The molecule has 1 rings (SSSR count). The van der Waals surface area contributed by atoms with E-state index in [0.29, 0.717) is 5.56 Å². The Morgan fingerprint density at radius 1 is 1.56 bits per heavy atom. The fraction of sp³-hybridized carbons (Fsp3) is 0.385. The zero-order valence-corrected chi connectivity index (χ0v) is 10.3. The number of halogens is 1. The predicted molar refractivity (Wildman–Crippen MR) is 64.4 cm³/mol. The lowest BCUT2D eigenvalue weighted by molar-refractivity contribution is -0.137. The molecule has 1 aromatic carbocycles. The fourth-order valence-electron chi connectivity index (χ4n) is 1.70. The van der Waals surface area contributed by atoms with Crippen molar-refractivity contribution >= 4 is 5.97 Å². The molecule has 0 aliphatic carbocycles. The Labute approximate surface area is 105 Å². The topological polar surface area (TPSA) is 73.1 Å². The molecule has 0 aliphatic heterocycles. The molecule has 18 heavy (non-hydrogen) atoms. The van der Waals surface area contributed by atoms with Crippen LogP contribution in [0, 0.1) is 17.1 Å². The van der Waals surface area contributed by atoms with Crippen LogP contribution < -0.4 is 5.32 Å². The molecule has 4 nitrogen and oxygen atoms in total. The van der Waals surface area contributed by atoms with Gasteiger partial charge in [0.15, 0.2) is 0 Å². The van der Waals surface area contributed by atoms with Crippen LogP contribution in [0.15, 0.2) is 18.2 Å². The minimum Gasteiger partial charge on any atom is -0.481 e. The molecule has 0 aromatic heterocycles. The average molecular weight is 250 g/mol. The van der Waals surface area contributed by atoms with Gasteiger partial charge in [0, 0.05) is 12.1 Å². The molecule has 0 bridgehead atoms. The standard InChI is InChI=1S/C13H15FN2O2/c1-8(2)16-12(6-13(17)18)9-3-4-11(14)10(5-9)7-15/h3-5,8,12,16H,6H2,1-2H3,(H,17,18)/t12-/m1/s1. The number of carbonyl (C=O) groups is 1. The third-order valence-electron chi connectivity index (χ3n) is 2.43. The van der Waals surface area contributed by atoms with Crippen LogP contribution in [0.3, 0.4) is 0 Å². The minimum atomic E-state index is -0.948. The van der Waals surface area contributed by atoms with E-state index in [1.165, 1.54) is 18.2 Å². The van der Waals surface area contributed by atoms with Gasteiger partial charge in [-0.05, 0) is 17.7 Å². The van der Waals surface area contributed by atoms with Crippen molar-refractivity contribution in [3.05, 3.63) is 35.1 Å². The predicted octanol–water partition coefficient (Wildman–Crippen LogP) is 2.21. The Morgan fingerprint density at radius 2 is 2.22 bits per heavy atom. The van der Waals surface area contributed by atoms with Crippen LogP contribution >= 0.6 is 0 Å². The van der Waals surface area contributed by atoms with Crippen LogP contribution in [-0.4, -0.2) is 17.1 Å². The Hall–Kier alpha value is -1.93. The van der Waals surface area contributed by atoms with Gasteiger partial charge in [0.05, 0.1) is 12.0 Å². The maximum Gasteiger partial charge on any atom is 0.305 e. The highest BCUT2D eigenvalue weighted by Crippen LogP contribution is 2.20. The molecule has 0 saturated carbocycles. The molecule has 96 valence electrons. The summed E-state index contributed by atoms with van der Waals surface area (Å²) in [6, 6.07) is 5.47. The second kappa shape index (κ2) is 6.12. The van der Waals surface area contributed by atoms with Crippen LogP contribution in [-0.2, 0) is 4.79 Å². The maximum atomic E-state index is 13.2. The van der Waals surface area contributed by atoms with Gasteiger partial charge in [-0.1, -0.05) is 19.9 Å². The molecule has 0 amide bonds. The molecule has 0 spiro atoms. The maximum absolute atomic E-state index is 13.2. The van der Waals surface area contributed by atoms with Gasteiger partial charge in [0.2, 0.25) is 0 Å². The van der Waals surface area contributed by atoms with E-state index >= 15 is 0 Å². The van der Waals surface area contributed by atoms with Crippen molar-refractivity contribution in [2.24, 2.45) is 0 Å². The van der Waals surface area contributed by atoms with Crippen molar-refractivity contribution in [3.63, 3.8) is 0 Å². The van der Waals surface area contributed by atoms with Crippen molar-refractivity contribution in [1.29, 1.82) is 5.26 Å². The van der Waals surface area contributed by atoms with Gasteiger partial charge in [-0.2, -0.15) is 5.26 Å². The normalized spacial score (nSPS) is 12.2. The van der Waals surface area contributed by atoms with Gasteiger partial charge >= 0.3 is 5.97 Å². The van der Waals surface area contributed by atoms with Gasteiger partial charge in [0.1, 0.15) is 11.9 Å². The summed E-state index contributed by atoms with van der Waals surface area (Å²) in [7, 11) is 0. The summed E-state index contributed by atoms with van der Waals surface area (Å²) in [5.41, 5.74) is 0.525. The number of benzene rings is 1. The number of nitriles is 1. The molecule has 0 aliphatic rings. The van der Waals surface area contributed by atoms with Crippen molar-refractivity contribution in [2.45, 2.75) is 32.4 Å². The Morgan fingerprint density at radius 3 is 2.72 bits per heavy atom. The van der Waals surface area contributed by atoms with E-state index in [4.69, 9.17) is 10.4 Å². The molecule has 1 atom stereocenters. The summed E-state index contributed by atoms with van der Waals surface area (Å²) in [5.74, 6) is -1.55. The minimum absolute atomic E-state index is 0.0755. The van der Waals surface area contributed by atoms with E-state index in [2.05, 4.69) is 5.32 Å². The van der Waals surface area contributed by atoms with Gasteiger partial charge < -0.3 is 10.4 Å². The summed E-state index contributed by atoms with van der Waals surface area (Å²) < 4.78 is 13.2. The number of nitrogens with zero attached hydrogens (tertiary/aromatic N) is 1. The third-order valence-corrected chi connectivity index (χ3v) is 2.43. The third kappa shape index (κ3) is 3.82. The molecule has 0 fully saturated rings. The average Bonchev–Trinajstić information content (AvgIpc) is 2.27. The summed E-state index contributed by atoms with van der Waals surface area (Å²) >= 11 is 0. The molecule has 1 aromatic rings. The van der Waals surface area contributed by atoms with Crippen LogP contribution in [0.1, 0.15) is 37.4 Å². The van der Waals surface area contributed by atoms with E-state index in [1.54, 1.807) is 6.07 Å². The summed E-state index contributed by atoms with van der Waals surface area (Å²) in [6.45, 7) is 3.78. The molecule has 2 N–H and O–H groups in total. The number of rotatable bonds is 5. The van der Waals surface area contributed by atoms with Crippen LogP contribution in [0.4, 0.5) is 4.39 Å². The first-order valence-electron chi connectivity index (χ1n) is 5.61. The van der Waals surface area contributed by atoms with Gasteiger partial charge in [-0.15, -0.1) is 0 Å². The Kier molecular flexibility index (Phi) is 4.81. The highest BCUT2D eigenvalue weighted by Gasteiger charge is 2.17. The molecule has 0 unspecified atom stereocenters. The molecule has 0 heterocycles. The quantitative estimate of drug-likeness (QED) is 0.840. The molecule has 0 radical (unpaired) electrons. The second-order valence-corrected chi connectivity index (χ2v) is 4.32. The van der Waals surface area contributed by atoms with Gasteiger partial charge in [0.25, 0.3) is 0 Å². The Balaban J connectivity index is 3.05. The van der Waals surface area contributed by atoms with Crippen LogP contribution in [0.25, 0.3) is 0 Å². The number of carboxylic acids is 1. The molecular formula is C13H15FN2O2. The largest absolute Gasteiger partial charge is 0.481 e. The van der Waals surface area contributed by atoms with E-state index in [1.807, 2.05) is 13.8 Å². The zero-order valence-electron chi connectivity index (χ0n) is 10.3. The van der Waals surface area contributed by atoms with Gasteiger partial charge in [-0.25, -0.2) is 4.39 Å². The smallest absolute Gasteiger partial charge is 0.305 e. The summed E-state index contributed by atoms with van der Waals surface area (Å²) in [4.78, 5) is 10.8. The monoisotopic (exact) mass is 250 g/mol. The first-order valence-corrected chi connectivity index (χ1v) is 5.61. The highest BCUT2D eigenvalue weighted by molar-refractivity contribution is 5.68. The lowest BCUT2D eigenvalue weighted by Gasteiger charge is -2.20. The summed E-state index contributed by atoms with van der Waals surface area (Å²) in [6.07, 6.45) is -0.116. The van der Waals surface area contributed by atoms with Crippen molar-refractivity contribution < 1.29 is 14.3 Å². The zero-order chi connectivity index (χ0) is 13.7. The SMILES string of the molecule is CC(C)N[C@H](CC(=O)O)c1ccc(F)c(C#N)c1. The molecule has 5 heteroatoms. The number of hydrogen-bond acceptors (Lipinski definition) is 3. The van der Waals surface area contributed by atoms with E-state index in [9.17, 15) is 9.18 Å². The lowest BCUT2D eigenvalue weighted by atomic mass is 10.0. The van der Waals surface area contributed by atoms with Crippen LogP contribution in [0.2, 0.25) is 0 Å². The number of hydrogen-bond donors (Lipinski definition) is 2. The number of aliphatic carboxylic acids is 1. The molecule has 0 saturated heterocycles. The number of nitrogens with one attached hydrogen (secondary N) is 1.